The van der Waals surface area contributed by atoms with E-state index in [2.05, 4.69) is 5.32 Å². The van der Waals surface area contributed by atoms with E-state index < -0.39 is 10.0 Å². The maximum absolute atomic E-state index is 12.7. The largest absolute Gasteiger partial charge is 0.326 e. The number of nitrogens with one attached hydrogen (secondary N) is 1. The Kier molecular flexibility index (Phi) is 5.98. The lowest BCUT2D eigenvalue weighted by molar-refractivity contribution is -0.117. The molecule has 0 radical (unpaired) electrons. The van der Waals surface area contributed by atoms with E-state index in [1.165, 1.54) is 24.5 Å². The third kappa shape index (κ3) is 4.27. The van der Waals surface area contributed by atoms with E-state index in [-0.39, 0.29) is 16.7 Å². The van der Waals surface area contributed by atoms with Gasteiger partial charge in [0.15, 0.2) is 0 Å². The fourth-order valence-corrected chi connectivity index (χ4v) is 3.78. The van der Waals surface area contributed by atoms with Gasteiger partial charge in [-0.1, -0.05) is 43.3 Å². The van der Waals surface area contributed by atoms with E-state index in [9.17, 15) is 13.2 Å². The van der Waals surface area contributed by atoms with Gasteiger partial charge in [0, 0.05) is 19.8 Å². The Morgan fingerprint density at radius 3 is 2.32 bits per heavy atom. The molecular formula is C19H24N2O3S. The highest BCUT2D eigenvalue weighted by molar-refractivity contribution is 7.89. The van der Waals surface area contributed by atoms with E-state index in [4.69, 9.17) is 0 Å². The van der Waals surface area contributed by atoms with Gasteiger partial charge in [-0.2, -0.15) is 0 Å². The van der Waals surface area contributed by atoms with E-state index in [1.807, 2.05) is 37.3 Å². The van der Waals surface area contributed by atoms with Gasteiger partial charge in [0.2, 0.25) is 15.9 Å². The quantitative estimate of drug-likeness (QED) is 0.859. The molecule has 134 valence electrons. The number of hydrogen-bond acceptors (Lipinski definition) is 3. The Bertz CT molecular complexity index is 846. The Balaban J connectivity index is 2.30. The van der Waals surface area contributed by atoms with Crippen LogP contribution in [0.5, 0.6) is 0 Å². The first kappa shape index (κ1) is 19.1. The van der Waals surface area contributed by atoms with Crippen LogP contribution in [0.25, 0.3) is 0 Å². The molecule has 0 aliphatic rings. The second-order valence-electron chi connectivity index (χ2n) is 6.13. The fourth-order valence-electron chi connectivity index (χ4n) is 2.64. The lowest BCUT2D eigenvalue weighted by Crippen LogP contribution is -2.24. The number of amides is 1. The van der Waals surface area contributed by atoms with Crippen molar-refractivity contribution in [3.8, 4) is 0 Å². The standard InChI is InChI=1S/C19H24N2O3S/c1-5-17(15-9-7-6-8-10-15)19(22)20-16-12-11-14(2)18(13-16)25(23,24)21(3)4/h6-13,17H,5H2,1-4H3,(H,20,22)/t17-/m1/s1. The summed E-state index contributed by atoms with van der Waals surface area (Å²) in [6.07, 6.45) is 0.657. The monoisotopic (exact) mass is 360 g/mol. The number of aryl methyl sites for hydroxylation is 1. The van der Waals surface area contributed by atoms with Crippen LogP contribution in [0.4, 0.5) is 5.69 Å². The van der Waals surface area contributed by atoms with Gasteiger partial charge >= 0.3 is 0 Å². The SMILES string of the molecule is CC[C@@H](C(=O)Nc1ccc(C)c(S(=O)(=O)N(C)C)c1)c1ccccc1. The van der Waals surface area contributed by atoms with Crippen molar-refractivity contribution in [3.63, 3.8) is 0 Å². The number of nitrogens with zero attached hydrogens (tertiary/aromatic N) is 1. The van der Waals surface area contributed by atoms with Gasteiger partial charge in [0.25, 0.3) is 0 Å². The molecule has 0 aromatic heterocycles. The average Bonchev–Trinajstić information content (AvgIpc) is 2.58. The van der Waals surface area contributed by atoms with E-state index in [1.54, 1.807) is 19.1 Å². The summed E-state index contributed by atoms with van der Waals surface area (Å²) in [5.41, 5.74) is 2.06. The van der Waals surface area contributed by atoms with E-state index >= 15 is 0 Å². The van der Waals surface area contributed by atoms with Crippen LogP contribution in [-0.4, -0.2) is 32.7 Å². The van der Waals surface area contributed by atoms with Crippen molar-refractivity contribution < 1.29 is 13.2 Å². The molecule has 0 fully saturated rings. The molecule has 0 saturated carbocycles. The maximum Gasteiger partial charge on any atom is 0.242 e. The fraction of sp³-hybridized carbons (Fsp3) is 0.316. The number of anilines is 1. The summed E-state index contributed by atoms with van der Waals surface area (Å²) >= 11 is 0. The highest BCUT2D eigenvalue weighted by atomic mass is 32.2. The molecule has 2 aromatic rings. The normalized spacial score (nSPS) is 12.8. The minimum Gasteiger partial charge on any atom is -0.326 e. The highest BCUT2D eigenvalue weighted by Gasteiger charge is 2.22. The Morgan fingerprint density at radius 1 is 1.12 bits per heavy atom. The van der Waals surface area contributed by atoms with Gasteiger partial charge in [-0.3, -0.25) is 4.79 Å². The van der Waals surface area contributed by atoms with Gasteiger partial charge in [-0.05, 0) is 36.6 Å². The molecule has 5 nitrogen and oxygen atoms in total. The van der Waals surface area contributed by atoms with Crippen molar-refractivity contribution in [3.05, 3.63) is 59.7 Å². The molecular weight excluding hydrogens is 336 g/mol. The average molecular weight is 360 g/mol. The second kappa shape index (κ2) is 7.80. The summed E-state index contributed by atoms with van der Waals surface area (Å²) in [5, 5.41) is 2.85. The van der Waals surface area contributed by atoms with Crippen molar-refractivity contribution in [2.75, 3.05) is 19.4 Å². The lowest BCUT2D eigenvalue weighted by atomic mass is 9.95. The van der Waals surface area contributed by atoms with Crippen LogP contribution in [0.2, 0.25) is 0 Å². The first-order valence-corrected chi connectivity index (χ1v) is 9.60. The summed E-state index contributed by atoms with van der Waals surface area (Å²) in [4.78, 5) is 12.9. The Morgan fingerprint density at radius 2 is 1.76 bits per heavy atom. The number of hydrogen-bond donors (Lipinski definition) is 1. The molecule has 0 bridgehead atoms. The van der Waals surface area contributed by atoms with Gasteiger partial charge in [0.1, 0.15) is 0 Å². The van der Waals surface area contributed by atoms with Crippen LogP contribution in [0.1, 0.15) is 30.4 Å². The molecule has 2 aromatic carbocycles. The second-order valence-corrected chi connectivity index (χ2v) is 8.25. The van der Waals surface area contributed by atoms with Gasteiger partial charge in [-0.15, -0.1) is 0 Å². The number of sulfonamides is 1. The highest BCUT2D eigenvalue weighted by Crippen LogP contribution is 2.25. The van der Waals surface area contributed by atoms with E-state index in [0.717, 1.165) is 5.56 Å². The zero-order chi connectivity index (χ0) is 18.6. The Hall–Kier alpha value is -2.18. The summed E-state index contributed by atoms with van der Waals surface area (Å²) in [6, 6.07) is 14.5. The van der Waals surface area contributed by atoms with Crippen molar-refractivity contribution >= 4 is 21.6 Å². The number of carbonyl (C=O) groups is 1. The van der Waals surface area contributed by atoms with Crippen LogP contribution in [0.3, 0.4) is 0 Å². The molecule has 2 rings (SSSR count). The predicted octanol–water partition coefficient (Wildman–Crippen LogP) is 3.38. The first-order valence-electron chi connectivity index (χ1n) is 8.16. The van der Waals surface area contributed by atoms with Crippen molar-refractivity contribution in [2.24, 2.45) is 0 Å². The molecule has 1 amide bonds. The molecule has 0 spiro atoms. The van der Waals surface area contributed by atoms with Crippen LogP contribution in [-0.2, 0) is 14.8 Å². The molecule has 0 heterocycles. The predicted molar refractivity (Wildman–Crippen MR) is 100 cm³/mol. The van der Waals surface area contributed by atoms with E-state index in [0.29, 0.717) is 17.7 Å². The van der Waals surface area contributed by atoms with Crippen molar-refractivity contribution in [1.82, 2.24) is 4.31 Å². The number of rotatable bonds is 6. The Labute approximate surface area is 149 Å². The minimum atomic E-state index is -3.56. The number of benzene rings is 2. The van der Waals surface area contributed by atoms with Gasteiger partial charge in [0.05, 0.1) is 10.8 Å². The zero-order valence-electron chi connectivity index (χ0n) is 15.0. The summed E-state index contributed by atoms with van der Waals surface area (Å²) in [7, 11) is -0.585. The van der Waals surface area contributed by atoms with Crippen LogP contribution < -0.4 is 5.32 Å². The molecule has 0 aliphatic carbocycles. The molecule has 0 saturated heterocycles. The molecule has 1 atom stereocenters. The minimum absolute atomic E-state index is 0.147. The molecule has 0 aliphatic heterocycles. The molecule has 0 unspecified atom stereocenters. The first-order chi connectivity index (χ1) is 11.8. The molecule has 25 heavy (non-hydrogen) atoms. The third-order valence-corrected chi connectivity index (χ3v) is 6.10. The third-order valence-electron chi connectivity index (χ3n) is 4.14. The summed E-state index contributed by atoms with van der Waals surface area (Å²) < 4.78 is 26.0. The van der Waals surface area contributed by atoms with Crippen LogP contribution >= 0.6 is 0 Å². The summed E-state index contributed by atoms with van der Waals surface area (Å²) in [6.45, 7) is 3.69. The van der Waals surface area contributed by atoms with Crippen molar-refractivity contribution in [2.45, 2.75) is 31.1 Å². The van der Waals surface area contributed by atoms with Crippen molar-refractivity contribution in [1.29, 1.82) is 0 Å². The topological polar surface area (TPSA) is 66.5 Å². The molecule has 1 N–H and O–H groups in total. The van der Waals surface area contributed by atoms with Crippen LogP contribution in [0, 0.1) is 6.92 Å². The summed E-state index contributed by atoms with van der Waals surface area (Å²) in [5.74, 6) is -0.429. The zero-order valence-corrected chi connectivity index (χ0v) is 15.8. The lowest BCUT2D eigenvalue weighted by Gasteiger charge is -2.18. The van der Waals surface area contributed by atoms with Crippen LogP contribution in [0.15, 0.2) is 53.4 Å². The molecule has 6 heteroatoms. The van der Waals surface area contributed by atoms with Gasteiger partial charge in [-0.25, -0.2) is 12.7 Å². The maximum atomic E-state index is 12.7. The smallest absolute Gasteiger partial charge is 0.242 e. The number of carbonyl (C=O) groups excluding carboxylic acids is 1. The van der Waals surface area contributed by atoms with Gasteiger partial charge < -0.3 is 5.32 Å².